The maximum absolute atomic E-state index is 14.2. The first-order valence-corrected chi connectivity index (χ1v) is 7.72. The van der Waals surface area contributed by atoms with Crippen molar-refractivity contribution in [1.82, 2.24) is 14.6 Å². The van der Waals surface area contributed by atoms with Crippen LogP contribution in [0.1, 0.15) is 38.1 Å². The molecule has 1 fully saturated rings. The molecule has 23 heavy (non-hydrogen) atoms. The lowest BCUT2D eigenvalue weighted by Gasteiger charge is -2.14. The molecule has 7 nitrogen and oxygen atoms in total. The van der Waals surface area contributed by atoms with Gasteiger partial charge in [-0.05, 0) is 18.6 Å². The number of rotatable bonds is 3. The number of nitrogen functional groups attached to an aromatic ring is 1. The van der Waals surface area contributed by atoms with Crippen LogP contribution < -0.4 is 5.73 Å². The van der Waals surface area contributed by atoms with Gasteiger partial charge in [0.15, 0.2) is 5.82 Å². The number of alkyl halides is 1. The number of aryl methyl sites for hydroxylation is 1. The molecule has 4 atom stereocenters. The summed E-state index contributed by atoms with van der Waals surface area (Å²) in [4.78, 5) is 14.3. The van der Waals surface area contributed by atoms with E-state index in [1.54, 1.807) is 11.4 Å². The van der Waals surface area contributed by atoms with Crippen LogP contribution in [0.5, 0.6) is 0 Å². The number of nitrogens with zero attached hydrogens (tertiary/aromatic N) is 4. The molecular weight excluding hydrogens is 301 g/mol. The topological polar surface area (TPSA) is 94.9 Å². The first kappa shape index (κ1) is 17.3. The predicted octanol–water partition coefficient (Wildman–Crippen LogP) is 2.83. The Balaban J connectivity index is 0.000000924. The largest absolute Gasteiger partial charge is 0.382 e. The molecule has 0 aromatic carbocycles. The molecule has 1 saturated heterocycles. The molecule has 0 unspecified atom stereocenters. The van der Waals surface area contributed by atoms with Crippen molar-refractivity contribution in [2.24, 2.45) is 11.1 Å². The SMILES string of the molecule is CC.Cc1cc([C@@H]2O[C@H](CN=O)[C@@H](F)[C@@H]2C)n2ncnc(N)c12. The van der Waals surface area contributed by atoms with Crippen LogP contribution in [0.3, 0.4) is 0 Å². The molecule has 0 saturated carbocycles. The Morgan fingerprint density at radius 1 is 1.48 bits per heavy atom. The van der Waals surface area contributed by atoms with Crippen molar-refractivity contribution in [3.8, 4) is 0 Å². The molecule has 126 valence electrons. The summed E-state index contributed by atoms with van der Waals surface area (Å²) in [6.07, 6.45) is -1.20. The van der Waals surface area contributed by atoms with Crippen LogP contribution in [0.4, 0.5) is 10.2 Å². The third-order valence-corrected chi connectivity index (χ3v) is 4.00. The van der Waals surface area contributed by atoms with E-state index < -0.39 is 24.3 Å². The summed E-state index contributed by atoms with van der Waals surface area (Å²) < 4.78 is 21.5. The number of nitrogens with two attached hydrogens (primary N) is 1. The Morgan fingerprint density at radius 2 is 2.17 bits per heavy atom. The summed E-state index contributed by atoms with van der Waals surface area (Å²) in [6, 6.07) is 1.87. The second-order valence-electron chi connectivity index (χ2n) is 5.37. The van der Waals surface area contributed by atoms with E-state index in [0.717, 1.165) is 5.56 Å². The van der Waals surface area contributed by atoms with Crippen LogP contribution in [0, 0.1) is 17.7 Å². The van der Waals surface area contributed by atoms with Gasteiger partial charge in [-0.15, -0.1) is 0 Å². The Morgan fingerprint density at radius 3 is 2.83 bits per heavy atom. The van der Waals surface area contributed by atoms with Crippen LogP contribution in [0.25, 0.3) is 5.52 Å². The van der Waals surface area contributed by atoms with Crippen LogP contribution in [0.2, 0.25) is 0 Å². The number of fused-ring (bicyclic) bond motifs is 1. The molecule has 2 aromatic heterocycles. The lowest BCUT2D eigenvalue weighted by molar-refractivity contribution is 0.0273. The van der Waals surface area contributed by atoms with Crippen LogP contribution in [-0.2, 0) is 4.74 Å². The Hall–Kier alpha value is -2.09. The van der Waals surface area contributed by atoms with Gasteiger partial charge in [0.1, 0.15) is 36.8 Å². The lowest BCUT2D eigenvalue weighted by atomic mass is 9.97. The van der Waals surface area contributed by atoms with Crippen molar-refractivity contribution in [1.29, 1.82) is 0 Å². The van der Waals surface area contributed by atoms with Gasteiger partial charge >= 0.3 is 0 Å². The summed E-state index contributed by atoms with van der Waals surface area (Å²) >= 11 is 0. The van der Waals surface area contributed by atoms with Gasteiger partial charge in [-0.25, -0.2) is 13.9 Å². The normalized spacial score (nSPS) is 26.8. The molecule has 1 aliphatic heterocycles. The lowest BCUT2D eigenvalue weighted by Crippen LogP contribution is -2.23. The van der Waals surface area contributed by atoms with E-state index in [9.17, 15) is 9.30 Å². The van der Waals surface area contributed by atoms with E-state index in [4.69, 9.17) is 10.5 Å². The zero-order valence-electron chi connectivity index (χ0n) is 13.7. The van der Waals surface area contributed by atoms with Crippen molar-refractivity contribution in [2.45, 2.75) is 46.1 Å². The number of hydrogen-bond acceptors (Lipinski definition) is 6. The van der Waals surface area contributed by atoms with Gasteiger partial charge in [-0.1, -0.05) is 25.9 Å². The van der Waals surface area contributed by atoms with Crippen molar-refractivity contribution < 1.29 is 9.13 Å². The third kappa shape index (κ3) is 2.90. The van der Waals surface area contributed by atoms with E-state index in [0.29, 0.717) is 17.0 Å². The zero-order valence-corrected chi connectivity index (χ0v) is 13.7. The number of nitroso groups, excluding NO2 is 1. The highest BCUT2D eigenvalue weighted by Gasteiger charge is 2.44. The fourth-order valence-electron chi connectivity index (χ4n) is 2.93. The van der Waals surface area contributed by atoms with Gasteiger partial charge < -0.3 is 10.5 Å². The average Bonchev–Trinajstić information content (AvgIpc) is 3.03. The molecule has 0 radical (unpaired) electrons. The monoisotopic (exact) mass is 323 g/mol. The van der Waals surface area contributed by atoms with E-state index >= 15 is 0 Å². The van der Waals surface area contributed by atoms with Gasteiger partial charge in [-0.3, -0.25) is 0 Å². The average molecular weight is 323 g/mol. The summed E-state index contributed by atoms with van der Waals surface area (Å²) in [5.74, 6) is -0.0345. The Kier molecular flexibility index (Phi) is 5.25. The van der Waals surface area contributed by atoms with E-state index in [2.05, 4.69) is 15.3 Å². The second kappa shape index (κ2) is 6.99. The van der Waals surface area contributed by atoms with Crippen molar-refractivity contribution >= 4 is 11.3 Å². The maximum Gasteiger partial charge on any atom is 0.151 e. The fourth-order valence-corrected chi connectivity index (χ4v) is 2.93. The molecule has 2 aromatic rings. The molecule has 0 aliphatic carbocycles. The van der Waals surface area contributed by atoms with Crippen molar-refractivity contribution in [3.63, 3.8) is 0 Å². The van der Waals surface area contributed by atoms with Crippen molar-refractivity contribution in [3.05, 3.63) is 28.6 Å². The van der Waals surface area contributed by atoms with Crippen LogP contribution >= 0.6 is 0 Å². The highest BCUT2D eigenvalue weighted by Crippen LogP contribution is 2.41. The first-order valence-electron chi connectivity index (χ1n) is 7.72. The first-order chi connectivity index (χ1) is 11.0. The molecule has 2 N–H and O–H groups in total. The highest BCUT2D eigenvalue weighted by molar-refractivity contribution is 5.70. The summed E-state index contributed by atoms with van der Waals surface area (Å²) in [7, 11) is 0. The smallest absolute Gasteiger partial charge is 0.151 e. The van der Waals surface area contributed by atoms with Crippen LogP contribution in [-0.4, -0.2) is 33.4 Å². The highest BCUT2D eigenvalue weighted by atomic mass is 19.1. The van der Waals surface area contributed by atoms with Gasteiger partial charge in [0.05, 0.1) is 5.69 Å². The van der Waals surface area contributed by atoms with Gasteiger partial charge in [0, 0.05) is 5.92 Å². The molecule has 3 heterocycles. The minimum Gasteiger partial charge on any atom is -0.382 e. The molecule has 3 rings (SSSR count). The molecule has 0 spiro atoms. The maximum atomic E-state index is 14.2. The molecule has 0 bridgehead atoms. The van der Waals surface area contributed by atoms with Crippen molar-refractivity contribution in [2.75, 3.05) is 12.3 Å². The number of halogens is 1. The fraction of sp³-hybridized carbons (Fsp3) is 0.600. The molecule has 8 heteroatoms. The van der Waals surface area contributed by atoms with E-state index in [-0.39, 0.29) is 6.54 Å². The second-order valence-corrected chi connectivity index (χ2v) is 5.37. The quantitative estimate of drug-likeness (QED) is 0.876. The van der Waals surface area contributed by atoms with E-state index in [1.807, 2.05) is 26.8 Å². The van der Waals surface area contributed by atoms with Gasteiger partial charge in [0.25, 0.3) is 0 Å². The molecular formula is C15H22FN5O2. The summed E-state index contributed by atoms with van der Waals surface area (Å²) in [5.41, 5.74) is 8.16. The summed E-state index contributed by atoms with van der Waals surface area (Å²) in [5, 5.41) is 6.92. The Bertz CT molecular complexity index is 690. The number of anilines is 1. The number of aromatic nitrogens is 3. The summed E-state index contributed by atoms with van der Waals surface area (Å²) in [6.45, 7) is 7.44. The molecule has 0 amide bonds. The van der Waals surface area contributed by atoms with Crippen LogP contribution in [0.15, 0.2) is 17.6 Å². The minimum absolute atomic E-state index is 0.193. The third-order valence-electron chi connectivity index (χ3n) is 4.00. The number of ether oxygens (including phenoxy) is 1. The van der Waals surface area contributed by atoms with E-state index in [1.165, 1.54) is 6.33 Å². The Labute approximate surface area is 134 Å². The minimum atomic E-state index is -1.24. The van der Waals surface area contributed by atoms with Gasteiger partial charge in [-0.2, -0.15) is 10.0 Å². The van der Waals surface area contributed by atoms with Gasteiger partial charge in [0.2, 0.25) is 0 Å². The number of hydrogen-bond donors (Lipinski definition) is 1. The standard InChI is InChI=1S/C13H16FN5O2.C2H6/c1-6-3-8(19-11(6)13(15)16-5-17-19)12-7(2)10(14)9(21-12)4-18-20;1-2/h3,5,7,9-10,12H,4H2,1-2H3,(H2,15,16,17);1-2H3/t7-,9+,10-,12+;/m0./s1. The molecule has 1 aliphatic rings. The zero-order chi connectivity index (χ0) is 17.1. The predicted molar refractivity (Wildman–Crippen MR) is 85.8 cm³/mol.